The van der Waals surface area contributed by atoms with Crippen molar-refractivity contribution in [1.82, 2.24) is 5.32 Å². The molecule has 0 radical (unpaired) electrons. The maximum atomic E-state index is 11.7. The molecule has 1 amide bonds. The highest BCUT2D eigenvalue weighted by atomic mass is 35.5. The van der Waals surface area contributed by atoms with Crippen LogP contribution in [0.3, 0.4) is 0 Å². The van der Waals surface area contributed by atoms with E-state index in [1.807, 2.05) is 0 Å². The minimum atomic E-state index is -0.588. The highest BCUT2D eigenvalue weighted by Crippen LogP contribution is 2.26. The van der Waals surface area contributed by atoms with Gasteiger partial charge in [0.15, 0.2) is 6.10 Å². The Kier molecular flexibility index (Phi) is 9.76. The van der Waals surface area contributed by atoms with Crippen LogP contribution in [0.4, 0.5) is 0 Å². The molecule has 0 saturated heterocycles. The lowest BCUT2D eigenvalue weighted by atomic mass is 10.3. The summed E-state index contributed by atoms with van der Waals surface area (Å²) in [6.07, 6.45) is 1.17. The summed E-state index contributed by atoms with van der Waals surface area (Å²) in [4.78, 5) is 11.7. The number of benzene rings is 1. The first-order valence-corrected chi connectivity index (χ1v) is 6.89. The molecule has 0 bridgehead atoms. The highest BCUT2D eigenvalue weighted by Gasteiger charge is 2.14. The molecule has 0 aliphatic rings. The molecule has 0 fully saturated rings. The van der Waals surface area contributed by atoms with Crippen LogP contribution in [0.5, 0.6) is 5.75 Å². The van der Waals surface area contributed by atoms with Gasteiger partial charge in [0, 0.05) is 12.6 Å². The van der Waals surface area contributed by atoms with E-state index in [9.17, 15) is 4.79 Å². The molecule has 114 valence electrons. The Hall–Kier alpha value is -0.680. The van der Waals surface area contributed by atoms with Gasteiger partial charge < -0.3 is 15.8 Å². The predicted molar refractivity (Wildman–Crippen MR) is 85.1 cm³/mol. The van der Waals surface area contributed by atoms with E-state index in [0.717, 1.165) is 12.8 Å². The Morgan fingerprint density at radius 3 is 2.65 bits per heavy atom. The molecule has 0 saturated carbocycles. The fourth-order valence-corrected chi connectivity index (χ4v) is 1.72. The normalized spacial score (nSPS) is 11.4. The van der Waals surface area contributed by atoms with Crippen LogP contribution in [0.1, 0.15) is 19.8 Å². The van der Waals surface area contributed by atoms with Crippen molar-refractivity contribution < 1.29 is 9.53 Å². The molecule has 4 nitrogen and oxygen atoms in total. The number of nitrogens with one attached hydrogen (secondary N) is 1. The Morgan fingerprint density at radius 2 is 2.05 bits per heavy atom. The zero-order valence-corrected chi connectivity index (χ0v) is 13.5. The maximum Gasteiger partial charge on any atom is 0.260 e. The summed E-state index contributed by atoms with van der Waals surface area (Å²) < 4.78 is 5.49. The number of amides is 1. The van der Waals surface area contributed by atoms with Crippen molar-refractivity contribution in [1.29, 1.82) is 0 Å². The minimum absolute atomic E-state index is 0. The largest absolute Gasteiger partial charge is 0.481 e. The van der Waals surface area contributed by atoms with Crippen LogP contribution in [0.25, 0.3) is 0 Å². The molecule has 1 unspecified atom stereocenters. The van der Waals surface area contributed by atoms with Gasteiger partial charge in [-0.05, 0) is 38.4 Å². The molecule has 1 aromatic carbocycles. The number of rotatable bonds is 7. The Morgan fingerprint density at radius 1 is 1.35 bits per heavy atom. The van der Waals surface area contributed by atoms with Crippen LogP contribution in [0, 0.1) is 0 Å². The first-order valence-electron chi connectivity index (χ1n) is 6.14. The minimum Gasteiger partial charge on any atom is -0.481 e. The second-order valence-electron chi connectivity index (χ2n) is 4.12. The molecule has 0 aliphatic heterocycles. The Labute approximate surface area is 135 Å². The monoisotopic (exact) mass is 340 g/mol. The average molecular weight is 342 g/mol. The zero-order chi connectivity index (χ0) is 14.3. The van der Waals surface area contributed by atoms with Crippen molar-refractivity contribution in [2.45, 2.75) is 25.9 Å². The van der Waals surface area contributed by atoms with Gasteiger partial charge in [-0.15, -0.1) is 12.4 Å². The first-order chi connectivity index (χ1) is 9.04. The van der Waals surface area contributed by atoms with Gasteiger partial charge in [-0.1, -0.05) is 23.2 Å². The smallest absolute Gasteiger partial charge is 0.260 e. The van der Waals surface area contributed by atoms with Crippen LogP contribution in [0.15, 0.2) is 18.2 Å². The second-order valence-corrected chi connectivity index (χ2v) is 4.94. The van der Waals surface area contributed by atoms with Crippen molar-refractivity contribution in [2.75, 3.05) is 13.1 Å². The van der Waals surface area contributed by atoms with E-state index in [1.165, 1.54) is 0 Å². The van der Waals surface area contributed by atoms with E-state index < -0.39 is 6.10 Å². The summed E-state index contributed by atoms with van der Waals surface area (Å²) in [5.74, 6) is 0.349. The number of hydrogen-bond donors (Lipinski definition) is 2. The van der Waals surface area contributed by atoms with Gasteiger partial charge in [0.25, 0.3) is 5.91 Å². The van der Waals surface area contributed by atoms with Crippen molar-refractivity contribution in [2.24, 2.45) is 5.73 Å². The third-order valence-electron chi connectivity index (χ3n) is 2.50. The molecule has 1 rings (SSSR count). The van der Waals surface area contributed by atoms with Gasteiger partial charge in [-0.3, -0.25) is 4.79 Å². The summed E-state index contributed by atoms with van der Waals surface area (Å²) >= 11 is 11.7. The molecule has 0 aliphatic carbocycles. The summed E-state index contributed by atoms with van der Waals surface area (Å²) in [5, 5.41) is 3.63. The topological polar surface area (TPSA) is 64.3 Å². The number of carbonyl (C=O) groups excluding carboxylic acids is 1. The van der Waals surface area contributed by atoms with Crippen LogP contribution in [-0.2, 0) is 4.79 Å². The lowest BCUT2D eigenvalue weighted by Gasteiger charge is -2.15. The van der Waals surface area contributed by atoms with Gasteiger partial charge in [0.05, 0.1) is 10.0 Å². The standard InChI is InChI=1S/C13H18Cl2N2O2.ClH/c1-9(13(18)17-7-3-2-6-16)19-10-4-5-11(14)12(15)8-10;/h4-5,8-9H,2-3,6-7,16H2,1H3,(H,17,18);1H. The molecule has 0 spiro atoms. The number of nitrogens with two attached hydrogens (primary N) is 1. The molecular weight excluding hydrogens is 323 g/mol. The molecular formula is C13H19Cl3N2O2. The van der Waals surface area contributed by atoms with E-state index in [4.69, 9.17) is 33.7 Å². The molecule has 0 aromatic heterocycles. The maximum absolute atomic E-state index is 11.7. The van der Waals surface area contributed by atoms with E-state index >= 15 is 0 Å². The van der Waals surface area contributed by atoms with Crippen molar-refractivity contribution in [3.8, 4) is 5.75 Å². The quantitative estimate of drug-likeness (QED) is 0.749. The number of carbonyl (C=O) groups is 1. The average Bonchev–Trinajstić information content (AvgIpc) is 2.38. The van der Waals surface area contributed by atoms with Crippen molar-refractivity contribution in [3.63, 3.8) is 0 Å². The lowest BCUT2D eigenvalue weighted by Crippen LogP contribution is -2.36. The lowest BCUT2D eigenvalue weighted by molar-refractivity contribution is -0.127. The number of halogens is 3. The van der Waals surface area contributed by atoms with Crippen LogP contribution < -0.4 is 15.8 Å². The summed E-state index contributed by atoms with van der Waals surface area (Å²) in [5.41, 5.74) is 5.37. The van der Waals surface area contributed by atoms with Crippen molar-refractivity contribution >= 4 is 41.5 Å². The summed E-state index contributed by atoms with van der Waals surface area (Å²) in [6, 6.07) is 4.89. The van der Waals surface area contributed by atoms with E-state index in [2.05, 4.69) is 5.32 Å². The van der Waals surface area contributed by atoms with Crippen LogP contribution in [0.2, 0.25) is 10.0 Å². The molecule has 1 aromatic rings. The molecule has 7 heteroatoms. The fraction of sp³-hybridized carbons (Fsp3) is 0.462. The molecule has 0 heterocycles. The van der Waals surface area contributed by atoms with Gasteiger partial charge in [-0.25, -0.2) is 0 Å². The number of ether oxygens (including phenoxy) is 1. The van der Waals surface area contributed by atoms with E-state index in [1.54, 1.807) is 25.1 Å². The predicted octanol–water partition coefficient (Wildman–Crippen LogP) is 3.04. The third kappa shape index (κ3) is 6.66. The number of unbranched alkanes of at least 4 members (excludes halogenated alkanes) is 1. The van der Waals surface area contributed by atoms with E-state index in [0.29, 0.717) is 28.9 Å². The highest BCUT2D eigenvalue weighted by molar-refractivity contribution is 6.42. The van der Waals surface area contributed by atoms with Crippen LogP contribution in [-0.4, -0.2) is 25.1 Å². The van der Waals surface area contributed by atoms with Crippen LogP contribution >= 0.6 is 35.6 Å². The zero-order valence-electron chi connectivity index (χ0n) is 11.2. The Balaban J connectivity index is 0.00000361. The van der Waals surface area contributed by atoms with E-state index in [-0.39, 0.29) is 18.3 Å². The SMILES string of the molecule is CC(Oc1ccc(Cl)c(Cl)c1)C(=O)NCCCCN.Cl. The van der Waals surface area contributed by atoms with Gasteiger partial charge in [0.1, 0.15) is 5.75 Å². The van der Waals surface area contributed by atoms with Gasteiger partial charge in [-0.2, -0.15) is 0 Å². The molecule has 3 N–H and O–H groups in total. The summed E-state index contributed by atoms with van der Waals surface area (Å²) in [6.45, 7) is 2.91. The van der Waals surface area contributed by atoms with Gasteiger partial charge in [0.2, 0.25) is 0 Å². The third-order valence-corrected chi connectivity index (χ3v) is 3.24. The Bertz CT molecular complexity index is 430. The first kappa shape index (κ1) is 19.3. The second kappa shape index (κ2) is 10.1. The summed E-state index contributed by atoms with van der Waals surface area (Å²) in [7, 11) is 0. The number of hydrogen-bond acceptors (Lipinski definition) is 3. The molecule has 20 heavy (non-hydrogen) atoms. The fourth-order valence-electron chi connectivity index (χ4n) is 1.43. The van der Waals surface area contributed by atoms with Gasteiger partial charge >= 0.3 is 0 Å². The molecule has 1 atom stereocenters. The van der Waals surface area contributed by atoms with Crippen molar-refractivity contribution in [3.05, 3.63) is 28.2 Å².